The van der Waals surface area contributed by atoms with E-state index in [0.29, 0.717) is 12.1 Å². The first kappa shape index (κ1) is 14.0. The van der Waals surface area contributed by atoms with Gasteiger partial charge in [-0.2, -0.15) is 0 Å². The number of ether oxygens (including phenoxy) is 1. The van der Waals surface area contributed by atoms with Crippen LogP contribution in [-0.4, -0.2) is 40.5 Å². The number of benzene rings is 1. The van der Waals surface area contributed by atoms with Gasteiger partial charge in [0.15, 0.2) is 9.84 Å². The van der Waals surface area contributed by atoms with E-state index in [0.717, 1.165) is 6.26 Å². The van der Waals surface area contributed by atoms with Crippen molar-refractivity contribution in [2.45, 2.75) is 11.0 Å². The second kappa shape index (κ2) is 5.48. The van der Waals surface area contributed by atoms with E-state index in [2.05, 4.69) is 5.32 Å². The Morgan fingerprint density at radius 1 is 1.47 bits per heavy atom. The summed E-state index contributed by atoms with van der Waals surface area (Å²) in [5.41, 5.74) is 0.614. The van der Waals surface area contributed by atoms with Gasteiger partial charge in [-0.1, -0.05) is 6.07 Å². The number of rotatable bonds is 5. The van der Waals surface area contributed by atoms with Gasteiger partial charge in [0.1, 0.15) is 10.6 Å². The summed E-state index contributed by atoms with van der Waals surface area (Å²) < 4.78 is 28.0. The molecule has 0 aliphatic rings. The normalized spacial score (nSPS) is 13.4. The van der Waals surface area contributed by atoms with Crippen LogP contribution in [-0.2, 0) is 9.84 Å². The standard InChI is InChI=1S/C11H17NO4S/c1-12-7-9(13)8-4-5-11(17(3,14)15)10(6-8)16-2/h4-6,9,12-13H,7H2,1-3H3. The Labute approximate surface area is 101 Å². The molecule has 1 aromatic carbocycles. The number of nitrogens with one attached hydrogen (secondary N) is 1. The van der Waals surface area contributed by atoms with Gasteiger partial charge in [0, 0.05) is 12.8 Å². The number of likely N-dealkylation sites (N-methyl/N-ethyl adjacent to an activating group) is 1. The molecule has 0 amide bonds. The third-order valence-corrected chi connectivity index (χ3v) is 3.51. The van der Waals surface area contributed by atoms with Gasteiger partial charge in [0.25, 0.3) is 0 Å². The smallest absolute Gasteiger partial charge is 0.179 e. The van der Waals surface area contributed by atoms with Crippen LogP contribution >= 0.6 is 0 Å². The third kappa shape index (κ3) is 3.42. The van der Waals surface area contributed by atoms with Crippen molar-refractivity contribution < 1.29 is 18.3 Å². The third-order valence-electron chi connectivity index (χ3n) is 2.37. The highest BCUT2D eigenvalue weighted by molar-refractivity contribution is 7.90. The average molecular weight is 259 g/mol. The van der Waals surface area contributed by atoms with Crippen molar-refractivity contribution in [3.63, 3.8) is 0 Å². The van der Waals surface area contributed by atoms with E-state index in [1.165, 1.54) is 13.2 Å². The van der Waals surface area contributed by atoms with Gasteiger partial charge in [-0.3, -0.25) is 0 Å². The Kier molecular flexibility index (Phi) is 4.50. The monoisotopic (exact) mass is 259 g/mol. The second-order valence-corrected chi connectivity index (χ2v) is 5.74. The summed E-state index contributed by atoms with van der Waals surface area (Å²) in [5.74, 6) is 0.250. The molecule has 0 saturated carbocycles. The lowest BCUT2D eigenvalue weighted by atomic mass is 10.1. The van der Waals surface area contributed by atoms with Crippen LogP contribution in [0.5, 0.6) is 5.75 Å². The first-order chi connectivity index (χ1) is 7.90. The number of aliphatic hydroxyl groups is 1. The van der Waals surface area contributed by atoms with E-state index < -0.39 is 15.9 Å². The molecule has 0 heterocycles. The number of sulfone groups is 1. The second-order valence-electron chi connectivity index (χ2n) is 3.76. The molecule has 6 heteroatoms. The maximum atomic E-state index is 11.5. The van der Waals surface area contributed by atoms with E-state index in [1.807, 2.05) is 0 Å². The first-order valence-corrected chi connectivity index (χ1v) is 7.00. The molecule has 0 radical (unpaired) electrons. The van der Waals surface area contributed by atoms with Crippen LogP contribution < -0.4 is 10.1 Å². The van der Waals surface area contributed by atoms with Gasteiger partial charge in [-0.05, 0) is 24.7 Å². The Morgan fingerprint density at radius 3 is 2.59 bits per heavy atom. The van der Waals surface area contributed by atoms with E-state index in [1.54, 1.807) is 19.2 Å². The summed E-state index contributed by atoms with van der Waals surface area (Å²) in [5, 5.41) is 12.6. The van der Waals surface area contributed by atoms with E-state index >= 15 is 0 Å². The van der Waals surface area contributed by atoms with Crippen LogP contribution in [0.1, 0.15) is 11.7 Å². The Hall–Kier alpha value is -1.11. The molecule has 1 atom stereocenters. The summed E-state index contributed by atoms with van der Waals surface area (Å²) in [6.45, 7) is 0.390. The summed E-state index contributed by atoms with van der Waals surface area (Å²) in [6, 6.07) is 4.57. The van der Waals surface area contributed by atoms with Crippen LogP contribution in [0.15, 0.2) is 23.1 Å². The minimum absolute atomic E-state index is 0.125. The SMILES string of the molecule is CNCC(O)c1ccc(S(C)(=O)=O)c(OC)c1. The molecule has 0 fully saturated rings. The zero-order valence-corrected chi connectivity index (χ0v) is 10.9. The van der Waals surface area contributed by atoms with Crippen molar-refractivity contribution in [3.8, 4) is 5.75 Å². The minimum Gasteiger partial charge on any atom is -0.495 e. The molecule has 1 unspecified atom stereocenters. The summed E-state index contributed by atoms with van der Waals surface area (Å²) in [7, 11) is -0.194. The lowest BCUT2D eigenvalue weighted by molar-refractivity contribution is 0.177. The maximum absolute atomic E-state index is 11.5. The van der Waals surface area contributed by atoms with Crippen LogP contribution in [0.25, 0.3) is 0 Å². The summed E-state index contributed by atoms with van der Waals surface area (Å²) >= 11 is 0. The average Bonchev–Trinajstić information content (AvgIpc) is 2.27. The Balaban J connectivity index is 3.18. The van der Waals surface area contributed by atoms with Gasteiger partial charge in [-0.25, -0.2) is 8.42 Å². The van der Waals surface area contributed by atoms with E-state index in [4.69, 9.17) is 4.74 Å². The highest BCUT2D eigenvalue weighted by atomic mass is 32.2. The Morgan fingerprint density at radius 2 is 2.12 bits per heavy atom. The van der Waals surface area contributed by atoms with Crippen LogP contribution in [0.3, 0.4) is 0 Å². The predicted octanol–water partition coefficient (Wildman–Crippen LogP) is 0.352. The predicted molar refractivity (Wildman–Crippen MR) is 65.0 cm³/mol. The largest absolute Gasteiger partial charge is 0.495 e. The molecule has 2 N–H and O–H groups in total. The zero-order chi connectivity index (χ0) is 13.1. The summed E-state index contributed by atoms with van der Waals surface area (Å²) in [6.07, 6.45) is 0.427. The van der Waals surface area contributed by atoms with Crippen molar-refractivity contribution in [1.82, 2.24) is 5.32 Å². The first-order valence-electron chi connectivity index (χ1n) is 5.10. The molecule has 0 aliphatic heterocycles. The minimum atomic E-state index is -3.32. The quantitative estimate of drug-likeness (QED) is 0.798. The molecule has 1 aromatic rings. The molecule has 96 valence electrons. The number of aliphatic hydroxyl groups excluding tert-OH is 1. The molecule has 0 aromatic heterocycles. The number of methoxy groups -OCH3 is 1. The van der Waals surface area contributed by atoms with Gasteiger partial charge in [0.05, 0.1) is 13.2 Å². The molecule has 5 nitrogen and oxygen atoms in total. The molecule has 0 aliphatic carbocycles. The van der Waals surface area contributed by atoms with Crippen molar-refractivity contribution in [1.29, 1.82) is 0 Å². The molecule has 1 rings (SSSR count). The lowest BCUT2D eigenvalue weighted by Gasteiger charge is -2.13. The van der Waals surface area contributed by atoms with Crippen molar-refractivity contribution in [3.05, 3.63) is 23.8 Å². The van der Waals surface area contributed by atoms with Gasteiger partial charge < -0.3 is 15.2 Å². The van der Waals surface area contributed by atoms with Gasteiger partial charge in [-0.15, -0.1) is 0 Å². The van der Waals surface area contributed by atoms with E-state index in [-0.39, 0.29) is 10.6 Å². The lowest BCUT2D eigenvalue weighted by Crippen LogP contribution is -2.16. The van der Waals surface area contributed by atoms with Crippen LogP contribution in [0.4, 0.5) is 0 Å². The molecule has 0 spiro atoms. The molecular weight excluding hydrogens is 242 g/mol. The topological polar surface area (TPSA) is 75.6 Å². The molecule has 0 bridgehead atoms. The fraction of sp³-hybridized carbons (Fsp3) is 0.455. The van der Waals surface area contributed by atoms with Crippen LogP contribution in [0, 0.1) is 0 Å². The van der Waals surface area contributed by atoms with E-state index in [9.17, 15) is 13.5 Å². The number of hydrogen-bond donors (Lipinski definition) is 2. The number of hydrogen-bond acceptors (Lipinski definition) is 5. The van der Waals surface area contributed by atoms with Crippen molar-refractivity contribution >= 4 is 9.84 Å². The Bertz CT molecular complexity index is 484. The summed E-state index contributed by atoms with van der Waals surface area (Å²) in [4.78, 5) is 0.125. The molecule has 17 heavy (non-hydrogen) atoms. The molecular formula is C11H17NO4S. The maximum Gasteiger partial charge on any atom is 0.179 e. The fourth-order valence-corrected chi connectivity index (χ4v) is 2.33. The molecule has 0 saturated heterocycles. The van der Waals surface area contributed by atoms with Crippen molar-refractivity contribution in [2.24, 2.45) is 0 Å². The van der Waals surface area contributed by atoms with Crippen LogP contribution in [0.2, 0.25) is 0 Å². The highest BCUT2D eigenvalue weighted by Gasteiger charge is 2.16. The highest BCUT2D eigenvalue weighted by Crippen LogP contribution is 2.27. The zero-order valence-electron chi connectivity index (χ0n) is 10.1. The fourth-order valence-electron chi connectivity index (χ4n) is 1.51. The van der Waals surface area contributed by atoms with Gasteiger partial charge >= 0.3 is 0 Å². The van der Waals surface area contributed by atoms with Gasteiger partial charge in [0.2, 0.25) is 0 Å². The van der Waals surface area contributed by atoms with Crippen molar-refractivity contribution in [2.75, 3.05) is 27.0 Å².